The quantitative estimate of drug-likeness (QED) is 0.780. The number of sulfonamides is 1. The molecule has 0 amide bonds. The van der Waals surface area contributed by atoms with Crippen LogP contribution in [-0.4, -0.2) is 19.2 Å². The van der Waals surface area contributed by atoms with E-state index >= 15 is 0 Å². The molecule has 1 rings (SSSR count). The van der Waals surface area contributed by atoms with Crippen LogP contribution in [0.2, 0.25) is 5.15 Å². The first-order chi connectivity index (χ1) is 6.03. The molecule has 0 fully saturated rings. The van der Waals surface area contributed by atoms with Crippen LogP contribution < -0.4 is 4.72 Å². The summed E-state index contributed by atoms with van der Waals surface area (Å²) in [7, 11) is -3.27. The molecule has 0 unspecified atom stereocenters. The molecule has 0 aromatic carbocycles. The fourth-order valence-corrected chi connectivity index (χ4v) is 1.38. The predicted molar refractivity (Wildman–Crippen MR) is 51.2 cm³/mol. The van der Waals surface area contributed by atoms with Crippen molar-refractivity contribution in [3.8, 4) is 0 Å². The molecule has 0 saturated carbocycles. The molecule has 0 spiro atoms. The van der Waals surface area contributed by atoms with E-state index in [1.54, 1.807) is 6.92 Å². The molecule has 1 aromatic heterocycles. The van der Waals surface area contributed by atoms with Gasteiger partial charge in [-0.3, -0.25) is 4.72 Å². The Balaban J connectivity index is 2.87. The Labute approximate surface area is 82.0 Å². The van der Waals surface area contributed by atoms with Gasteiger partial charge in [0.15, 0.2) is 0 Å². The van der Waals surface area contributed by atoms with Crippen molar-refractivity contribution < 1.29 is 8.42 Å². The molecule has 0 bridgehead atoms. The van der Waals surface area contributed by atoms with E-state index in [-0.39, 0.29) is 16.7 Å². The van der Waals surface area contributed by atoms with Crippen LogP contribution in [0.1, 0.15) is 6.92 Å². The first kappa shape index (κ1) is 10.3. The van der Waals surface area contributed by atoms with Gasteiger partial charge in [-0.05, 0) is 19.1 Å². The summed E-state index contributed by atoms with van der Waals surface area (Å²) >= 11 is 5.52. The zero-order valence-electron chi connectivity index (χ0n) is 6.91. The number of pyridine rings is 1. The van der Waals surface area contributed by atoms with Gasteiger partial charge >= 0.3 is 0 Å². The molecule has 0 aliphatic heterocycles. The van der Waals surface area contributed by atoms with Gasteiger partial charge in [-0.2, -0.15) is 0 Å². The molecule has 1 N–H and O–H groups in total. The maximum Gasteiger partial charge on any atom is 0.233 e. The molecular formula is C7H8ClN2O2S. The Morgan fingerprint density at radius 3 is 2.92 bits per heavy atom. The molecule has 4 nitrogen and oxygen atoms in total. The topological polar surface area (TPSA) is 59.1 Å². The Morgan fingerprint density at radius 1 is 1.69 bits per heavy atom. The van der Waals surface area contributed by atoms with Gasteiger partial charge in [0, 0.05) is 6.07 Å². The first-order valence-corrected chi connectivity index (χ1v) is 5.61. The largest absolute Gasteiger partial charge is 0.267 e. The van der Waals surface area contributed by atoms with Crippen molar-refractivity contribution in [1.82, 2.24) is 4.98 Å². The highest BCUT2D eigenvalue weighted by Crippen LogP contribution is 2.09. The number of nitrogens with one attached hydrogen (secondary N) is 1. The average Bonchev–Trinajstić information content (AvgIpc) is 2.03. The van der Waals surface area contributed by atoms with Crippen molar-refractivity contribution in [2.24, 2.45) is 0 Å². The zero-order chi connectivity index (χ0) is 9.90. The smallest absolute Gasteiger partial charge is 0.233 e. The normalized spacial score (nSPS) is 11.2. The standard InChI is InChI=1S/C7H8ClN2O2S/c1-2-13(11,12)10-7-5-3-4-6(8)9-7/h3,5H,2H2,1H3,(H,9,10). The fraction of sp³-hybridized carbons (Fsp3) is 0.286. The molecule has 0 atom stereocenters. The van der Waals surface area contributed by atoms with E-state index in [2.05, 4.69) is 15.8 Å². The minimum absolute atomic E-state index is 0.00487. The third kappa shape index (κ3) is 3.20. The van der Waals surface area contributed by atoms with Gasteiger partial charge in [-0.15, -0.1) is 0 Å². The van der Waals surface area contributed by atoms with Crippen molar-refractivity contribution in [2.75, 3.05) is 10.5 Å². The second-order valence-electron chi connectivity index (χ2n) is 2.27. The summed E-state index contributed by atoms with van der Waals surface area (Å²) in [5.41, 5.74) is 0. The van der Waals surface area contributed by atoms with Crippen LogP contribution in [0.3, 0.4) is 0 Å². The van der Waals surface area contributed by atoms with Crippen molar-refractivity contribution in [3.63, 3.8) is 0 Å². The zero-order valence-corrected chi connectivity index (χ0v) is 8.48. The second kappa shape index (κ2) is 3.93. The Morgan fingerprint density at radius 2 is 2.38 bits per heavy atom. The van der Waals surface area contributed by atoms with Gasteiger partial charge in [-0.1, -0.05) is 11.6 Å². The van der Waals surface area contributed by atoms with Crippen molar-refractivity contribution >= 4 is 27.4 Å². The lowest BCUT2D eigenvalue weighted by atomic mass is 10.5. The number of hydrogen-bond donors (Lipinski definition) is 1. The molecule has 13 heavy (non-hydrogen) atoms. The van der Waals surface area contributed by atoms with Gasteiger partial charge in [0.05, 0.1) is 5.75 Å². The van der Waals surface area contributed by atoms with Gasteiger partial charge in [0.25, 0.3) is 0 Å². The van der Waals surface area contributed by atoms with E-state index in [0.29, 0.717) is 0 Å². The Kier molecular flexibility index (Phi) is 3.11. The third-order valence-electron chi connectivity index (χ3n) is 1.30. The summed E-state index contributed by atoms with van der Waals surface area (Å²) in [5.74, 6) is 0.218. The SMILES string of the molecule is CCS(=O)(=O)Nc1cc[c]c(Cl)n1. The van der Waals surface area contributed by atoms with Crippen LogP contribution >= 0.6 is 11.6 Å². The average molecular weight is 220 g/mol. The molecule has 71 valence electrons. The first-order valence-electron chi connectivity index (χ1n) is 3.58. The van der Waals surface area contributed by atoms with Crippen LogP contribution in [0, 0.1) is 6.07 Å². The number of anilines is 1. The van der Waals surface area contributed by atoms with Gasteiger partial charge in [-0.25, -0.2) is 13.4 Å². The van der Waals surface area contributed by atoms with Crippen LogP contribution in [0.5, 0.6) is 0 Å². The number of aromatic nitrogens is 1. The molecule has 6 heteroatoms. The van der Waals surface area contributed by atoms with Crippen LogP contribution in [-0.2, 0) is 10.0 Å². The maximum atomic E-state index is 11.1. The summed E-state index contributed by atoms with van der Waals surface area (Å²) in [6.45, 7) is 1.54. The van der Waals surface area contributed by atoms with Gasteiger partial charge < -0.3 is 0 Å². The van der Waals surface area contributed by atoms with E-state index < -0.39 is 10.0 Å². The number of hydrogen-bond acceptors (Lipinski definition) is 3. The van der Waals surface area contributed by atoms with E-state index in [0.717, 1.165) is 0 Å². The van der Waals surface area contributed by atoms with Crippen molar-refractivity contribution in [1.29, 1.82) is 0 Å². The van der Waals surface area contributed by atoms with Crippen molar-refractivity contribution in [2.45, 2.75) is 6.92 Å². The fourth-order valence-electron chi connectivity index (χ4n) is 0.653. The highest BCUT2D eigenvalue weighted by Gasteiger charge is 2.07. The number of nitrogens with zero attached hydrogens (tertiary/aromatic N) is 1. The van der Waals surface area contributed by atoms with E-state index in [9.17, 15) is 8.42 Å². The van der Waals surface area contributed by atoms with E-state index in [1.165, 1.54) is 12.1 Å². The molecule has 1 heterocycles. The monoisotopic (exact) mass is 219 g/mol. The van der Waals surface area contributed by atoms with Crippen LogP contribution in [0.4, 0.5) is 5.82 Å². The molecule has 0 aliphatic carbocycles. The molecule has 1 aromatic rings. The highest BCUT2D eigenvalue weighted by atomic mass is 35.5. The lowest BCUT2D eigenvalue weighted by Crippen LogP contribution is -2.15. The maximum absolute atomic E-state index is 11.1. The minimum atomic E-state index is -3.27. The summed E-state index contributed by atoms with van der Waals surface area (Å²) in [4.78, 5) is 3.73. The predicted octanol–water partition coefficient (Wildman–Crippen LogP) is 1.30. The lowest BCUT2D eigenvalue weighted by molar-refractivity contribution is 0.602. The van der Waals surface area contributed by atoms with Gasteiger partial charge in [0.2, 0.25) is 10.0 Å². The Hall–Kier alpha value is -0.810. The number of rotatable bonds is 3. The molecule has 1 radical (unpaired) electrons. The van der Waals surface area contributed by atoms with Gasteiger partial charge in [0.1, 0.15) is 11.0 Å². The highest BCUT2D eigenvalue weighted by molar-refractivity contribution is 7.92. The molecule has 0 aliphatic rings. The Bertz CT molecular complexity index is 391. The van der Waals surface area contributed by atoms with Crippen LogP contribution in [0.15, 0.2) is 12.1 Å². The molecular weight excluding hydrogens is 212 g/mol. The minimum Gasteiger partial charge on any atom is -0.267 e. The van der Waals surface area contributed by atoms with E-state index in [1.807, 2.05) is 0 Å². The van der Waals surface area contributed by atoms with E-state index in [4.69, 9.17) is 11.6 Å². The third-order valence-corrected chi connectivity index (χ3v) is 2.78. The summed E-state index contributed by atoms with van der Waals surface area (Å²) in [6.07, 6.45) is 0. The number of halogens is 1. The summed E-state index contributed by atoms with van der Waals surface area (Å²) < 4.78 is 24.4. The van der Waals surface area contributed by atoms with Crippen LogP contribution in [0.25, 0.3) is 0 Å². The summed E-state index contributed by atoms with van der Waals surface area (Å²) in [5, 5.41) is 0.135. The van der Waals surface area contributed by atoms with Crippen molar-refractivity contribution in [3.05, 3.63) is 23.4 Å². The summed E-state index contributed by atoms with van der Waals surface area (Å²) in [6, 6.07) is 5.58. The second-order valence-corrected chi connectivity index (χ2v) is 4.64. The lowest BCUT2D eigenvalue weighted by Gasteiger charge is -2.03. The molecule has 0 saturated heterocycles.